The first kappa shape index (κ1) is 19.4. The average molecular weight is 422 g/mol. The largest absolute Gasteiger partial charge is 0.390 e. The number of carbonyl (C=O) groups excluding carboxylic acids is 1. The van der Waals surface area contributed by atoms with Crippen molar-refractivity contribution in [3.8, 4) is 10.4 Å². The number of halogens is 2. The van der Waals surface area contributed by atoms with Gasteiger partial charge in [0.15, 0.2) is 5.78 Å². The average Bonchev–Trinajstić information content (AvgIpc) is 3.06. The van der Waals surface area contributed by atoms with Crippen LogP contribution in [0.2, 0.25) is 5.02 Å². The molecule has 3 aromatic carbocycles. The number of hydrogen-bond donors (Lipinski definition) is 1. The van der Waals surface area contributed by atoms with Crippen molar-refractivity contribution in [2.24, 2.45) is 0 Å². The number of thiophene rings is 1. The predicted molar refractivity (Wildman–Crippen MR) is 118 cm³/mol. The fourth-order valence-corrected chi connectivity index (χ4v) is 4.49. The molecule has 0 aliphatic heterocycles. The third-order valence-electron chi connectivity index (χ3n) is 4.70. The van der Waals surface area contributed by atoms with E-state index in [0.717, 1.165) is 21.6 Å². The number of carbonyl (C=O) groups is 1. The molecule has 1 aromatic heterocycles. The maximum Gasteiger partial charge on any atom is 0.196 e. The quantitative estimate of drug-likeness (QED) is 0.368. The van der Waals surface area contributed by atoms with Gasteiger partial charge in [0.05, 0.1) is 10.6 Å². The highest BCUT2D eigenvalue weighted by Gasteiger charge is 2.24. The zero-order valence-corrected chi connectivity index (χ0v) is 16.9. The maximum absolute atomic E-state index is 13.4. The van der Waals surface area contributed by atoms with E-state index in [9.17, 15) is 9.18 Å². The SMILES string of the molecule is Nc1sc(-c2ccccc2)c(Cc2ccc(F)cc2)c1C(=O)c1ccc(Cl)cc1. The van der Waals surface area contributed by atoms with E-state index >= 15 is 0 Å². The van der Waals surface area contributed by atoms with Crippen LogP contribution < -0.4 is 5.73 Å². The van der Waals surface area contributed by atoms with Gasteiger partial charge in [-0.2, -0.15) is 0 Å². The van der Waals surface area contributed by atoms with Crippen LogP contribution in [0.5, 0.6) is 0 Å². The molecule has 1 heterocycles. The molecule has 29 heavy (non-hydrogen) atoms. The van der Waals surface area contributed by atoms with Crippen molar-refractivity contribution in [3.63, 3.8) is 0 Å². The van der Waals surface area contributed by atoms with Gasteiger partial charge in [-0.3, -0.25) is 4.79 Å². The van der Waals surface area contributed by atoms with E-state index in [0.29, 0.717) is 27.6 Å². The number of nitrogens with two attached hydrogens (primary N) is 1. The van der Waals surface area contributed by atoms with Gasteiger partial charge in [0.1, 0.15) is 5.82 Å². The van der Waals surface area contributed by atoms with Crippen molar-refractivity contribution in [2.75, 3.05) is 5.73 Å². The van der Waals surface area contributed by atoms with E-state index in [1.54, 1.807) is 36.4 Å². The summed E-state index contributed by atoms with van der Waals surface area (Å²) in [7, 11) is 0. The van der Waals surface area contributed by atoms with Crippen LogP contribution in [0, 0.1) is 5.82 Å². The Hall–Kier alpha value is -2.95. The number of benzene rings is 3. The smallest absolute Gasteiger partial charge is 0.196 e. The molecule has 0 fully saturated rings. The van der Waals surface area contributed by atoms with Gasteiger partial charge in [-0.1, -0.05) is 54.1 Å². The fourth-order valence-electron chi connectivity index (χ4n) is 3.28. The van der Waals surface area contributed by atoms with Gasteiger partial charge in [0.25, 0.3) is 0 Å². The van der Waals surface area contributed by atoms with Crippen molar-refractivity contribution in [3.05, 3.63) is 112 Å². The van der Waals surface area contributed by atoms with Crippen LogP contribution in [0.15, 0.2) is 78.9 Å². The van der Waals surface area contributed by atoms with Gasteiger partial charge in [0.2, 0.25) is 0 Å². The molecule has 0 aliphatic carbocycles. The number of hydrogen-bond acceptors (Lipinski definition) is 3. The van der Waals surface area contributed by atoms with Crippen LogP contribution in [0.1, 0.15) is 27.0 Å². The predicted octanol–water partition coefficient (Wildman–Crippen LogP) is 6.61. The summed E-state index contributed by atoms with van der Waals surface area (Å²) in [5.74, 6) is -0.436. The first-order chi connectivity index (χ1) is 14.0. The molecular weight excluding hydrogens is 405 g/mol. The Morgan fingerprint density at radius 3 is 2.24 bits per heavy atom. The molecule has 0 amide bonds. The third-order valence-corrected chi connectivity index (χ3v) is 6.06. The Morgan fingerprint density at radius 1 is 0.931 bits per heavy atom. The number of ketones is 1. The second-order valence-electron chi connectivity index (χ2n) is 6.65. The lowest BCUT2D eigenvalue weighted by Crippen LogP contribution is -2.07. The molecule has 2 N–H and O–H groups in total. The highest BCUT2D eigenvalue weighted by atomic mass is 35.5. The topological polar surface area (TPSA) is 43.1 Å². The van der Waals surface area contributed by atoms with Gasteiger partial charge in [-0.15, -0.1) is 11.3 Å². The molecule has 0 atom stereocenters. The molecular formula is C24H17ClFNOS. The Morgan fingerprint density at radius 2 is 1.59 bits per heavy atom. The minimum Gasteiger partial charge on any atom is -0.390 e. The van der Waals surface area contributed by atoms with Gasteiger partial charge in [-0.25, -0.2) is 4.39 Å². The summed E-state index contributed by atoms with van der Waals surface area (Å²) in [6.07, 6.45) is 0.479. The van der Waals surface area contributed by atoms with Crippen molar-refractivity contribution in [1.29, 1.82) is 0 Å². The highest BCUT2D eigenvalue weighted by Crippen LogP contribution is 2.41. The summed E-state index contributed by atoms with van der Waals surface area (Å²) < 4.78 is 13.4. The van der Waals surface area contributed by atoms with E-state index in [1.165, 1.54) is 23.5 Å². The van der Waals surface area contributed by atoms with Gasteiger partial charge >= 0.3 is 0 Å². The molecule has 2 nitrogen and oxygen atoms in total. The van der Waals surface area contributed by atoms with Crippen LogP contribution in [0.4, 0.5) is 9.39 Å². The van der Waals surface area contributed by atoms with Gasteiger partial charge < -0.3 is 5.73 Å². The minimum atomic E-state index is -0.292. The summed E-state index contributed by atoms with van der Waals surface area (Å²) in [5, 5.41) is 1.04. The first-order valence-corrected chi connectivity index (χ1v) is 10.2. The van der Waals surface area contributed by atoms with Crippen LogP contribution in [0.3, 0.4) is 0 Å². The van der Waals surface area contributed by atoms with Crippen LogP contribution in [-0.4, -0.2) is 5.78 Å². The molecule has 0 spiro atoms. The normalized spacial score (nSPS) is 10.8. The van der Waals surface area contributed by atoms with Gasteiger partial charge in [-0.05, 0) is 59.5 Å². The van der Waals surface area contributed by atoms with Crippen molar-refractivity contribution >= 4 is 33.7 Å². The fraction of sp³-hybridized carbons (Fsp3) is 0.0417. The molecule has 4 aromatic rings. The number of rotatable bonds is 5. The lowest BCUT2D eigenvalue weighted by atomic mass is 9.94. The molecule has 0 saturated heterocycles. The molecule has 5 heteroatoms. The Balaban J connectivity index is 1.85. The molecule has 0 radical (unpaired) electrons. The summed E-state index contributed by atoms with van der Waals surface area (Å²) in [6.45, 7) is 0. The standard InChI is InChI=1S/C24H17ClFNOS/c25-18-10-8-16(9-11-18)22(28)21-20(14-15-6-12-19(26)13-7-15)23(29-24(21)27)17-4-2-1-3-5-17/h1-13H,14,27H2. The number of nitrogen functional groups attached to an aromatic ring is 1. The monoisotopic (exact) mass is 421 g/mol. The zero-order chi connectivity index (χ0) is 20.4. The molecule has 0 unspecified atom stereocenters. The second-order valence-corrected chi connectivity index (χ2v) is 8.14. The molecule has 4 rings (SSSR count). The van der Waals surface area contributed by atoms with E-state index in [1.807, 2.05) is 30.3 Å². The van der Waals surface area contributed by atoms with Crippen molar-refractivity contribution in [2.45, 2.75) is 6.42 Å². The second kappa shape index (κ2) is 8.19. The van der Waals surface area contributed by atoms with Crippen molar-refractivity contribution in [1.82, 2.24) is 0 Å². The van der Waals surface area contributed by atoms with Crippen molar-refractivity contribution < 1.29 is 9.18 Å². The van der Waals surface area contributed by atoms with Crippen LogP contribution >= 0.6 is 22.9 Å². The molecule has 0 bridgehead atoms. The number of anilines is 1. The summed E-state index contributed by atoms with van der Waals surface area (Å²) in [6, 6.07) is 22.9. The third kappa shape index (κ3) is 4.09. The van der Waals surface area contributed by atoms with E-state index < -0.39 is 0 Å². The first-order valence-electron chi connectivity index (χ1n) is 9.04. The Bertz CT molecular complexity index is 1150. The molecule has 0 aliphatic rings. The van der Waals surface area contributed by atoms with Crippen LogP contribution in [-0.2, 0) is 6.42 Å². The molecule has 144 valence electrons. The van der Waals surface area contributed by atoms with E-state index in [2.05, 4.69) is 0 Å². The highest BCUT2D eigenvalue weighted by molar-refractivity contribution is 7.20. The summed E-state index contributed by atoms with van der Waals surface area (Å²) >= 11 is 7.36. The summed E-state index contributed by atoms with van der Waals surface area (Å²) in [4.78, 5) is 14.3. The maximum atomic E-state index is 13.4. The van der Waals surface area contributed by atoms with Crippen LogP contribution in [0.25, 0.3) is 10.4 Å². The minimum absolute atomic E-state index is 0.144. The Labute approximate surface area is 177 Å². The lowest BCUT2D eigenvalue weighted by Gasteiger charge is -2.09. The lowest BCUT2D eigenvalue weighted by molar-refractivity contribution is 0.103. The summed E-state index contributed by atoms with van der Waals surface area (Å²) in [5.41, 5.74) is 10.1. The molecule has 0 saturated carbocycles. The van der Waals surface area contributed by atoms with E-state index in [-0.39, 0.29) is 11.6 Å². The van der Waals surface area contributed by atoms with E-state index in [4.69, 9.17) is 17.3 Å². The van der Waals surface area contributed by atoms with Gasteiger partial charge in [0, 0.05) is 15.5 Å². The zero-order valence-electron chi connectivity index (χ0n) is 15.4. The Kier molecular flexibility index (Phi) is 5.47.